The first-order valence-electron chi connectivity index (χ1n) is 6.44. The molecule has 18 heavy (non-hydrogen) atoms. The standard InChI is InChI=1S/C15H20BrNO/c1-10-8-11(16)4-5-13(10)14(18)17-12-6-7-15(2,3)9-12/h4-5,8,12H,6-7,9H2,1-3H3,(H,17,18). The van der Waals surface area contributed by atoms with Gasteiger partial charge in [-0.15, -0.1) is 0 Å². The molecule has 1 amide bonds. The number of amides is 1. The normalized spacial score (nSPS) is 21.9. The van der Waals surface area contributed by atoms with Crippen molar-refractivity contribution in [1.29, 1.82) is 0 Å². The van der Waals surface area contributed by atoms with Crippen LogP contribution in [0.5, 0.6) is 0 Å². The van der Waals surface area contributed by atoms with E-state index in [1.807, 2.05) is 25.1 Å². The minimum atomic E-state index is 0.0581. The molecule has 2 rings (SSSR count). The molecule has 0 bridgehead atoms. The van der Waals surface area contributed by atoms with Crippen LogP contribution in [0.1, 0.15) is 49.0 Å². The summed E-state index contributed by atoms with van der Waals surface area (Å²) >= 11 is 3.42. The first-order chi connectivity index (χ1) is 8.37. The Labute approximate surface area is 117 Å². The Morgan fingerprint density at radius 1 is 1.44 bits per heavy atom. The molecule has 1 aromatic carbocycles. The number of hydrogen-bond acceptors (Lipinski definition) is 1. The SMILES string of the molecule is Cc1cc(Br)ccc1C(=O)NC1CCC(C)(C)C1. The molecule has 3 heteroatoms. The molecule has 0 saturated heterocycles. The average molecular weight is 310 g/mol. The third-order valence-corrected chi connectivity index (χ3v) is 4.23. The molecule has 1 saturated carbocycles. The van der Waals surface area contributed by atoms with Gasteiger partial charge in [0.05, 0.1) is 0 Å². The van der Waals surface area contributed by atoms with Crippen molar-refractivity contribution in [1.82, 2.24) is 5.32 Å². The van der Waals surface area contributed by atoms with Gasteiger partial charge in [0.25, 0.3) is 5.91 Å². The van der Waals surface area contributed by atoms with Crippen LogP contribution in [0.25, 0.3) is 0 Å². The lowest BCUT2D eigenvalue weighted by atomic mass is 9.92. The molecule has 1 aliphatic rings. The molecule has 0 radical (unpaired) electrons. The number of carbonyl (C=O) groups is 1. The number of nitrogens with one attached hydrogen (secondary N) is 1. The van der Waals surface area contributed by atoms with E-state index in [9.17, 15) is 4.79 Å². The van der Waals surface area contributed by atoms with E-state index in [1.54, 1.807) is 0 Å². The largest absolute Gasteiger partial charge is 0.349 e. The van der Waals surface area contributed by atoms with Crippen LogP contribution in [0.15, 0.2) is 22.7 Å². The molecule has 1 aromatic rings. The number of carbonyl (C=O) groups excluding carboxylic acids is 1. The van der Waals surface area contributed by atoms with E-state index in [-0.39, 0.29) is 5.91 Å². The van der Waals surface area contributed by atoms with E-state index in [0.29, 0.717) is 11.5 Å². The van der Waals surface area contributed by atoms with Crippen molar-refractivity contribution in [2.45, 2.75) is 46.1 Å². The Morgan fingerprint density at radius 2 is 2.17 bits per heavy atom. The molecule has 1 aliphatic carbocycles. The summed E-state index contributed by atoms with van der Waals surface area (Å²) in [6.07, 6.45) is 3.36. The second-order valence-corrected chi connectivity index (χ2v) is 6.95. The molecule has 1 unspecified atom stereocenters. The highest BCUT2D eigenvalue weighted by Crippen LogP contribution is 2.37. The molecule has 2 nitrogen and oxygen atoms in total. The molecule has 0 spiro atoms. The van der Waals surface area contributed by atoms with Crippen molar-refractivity contribution >= 4 is 21.8 Å². The number of aryl methyl sites for hydroxylation is 1. The average Bonchev–Trinajstić information content (AvgIpc) is 2.57. The van der Waals surface area contributed by atoms with Crippen molar-refractivity contribution in [3.8, 4) is 0 Å². The summed E-state index contributed by atoms with van der Waals surface area (Å²) in [5.74, 6) is 0.0581. The van der Waals surface area contributed by atoms with Crippen LogP contribution in [0.4, 0.5) is 0 Å². The third-order valence-electron chi connectivity index (χ3n) is 3.74. The topological polar surface area (TPSA) is 29.1 Å². The lowest BCUT2D eigenvalue weighted by Gasteiger charge is -2.18. The summed E-state index contributed by atoms with van der Waals surface area (Å²) in [7, 11) is 0. The number of benzene rings is 1. The summed E-state index contributed by atoms with van der Waals surface area (Å²) in [4.78, 5) is 12.2. The van der Waals surface area contributed by atoms with E-state index in [4.69, 9.17) is 0 Å². The van der Waals surface area contributed by atoms with Crippen LogP contribution in [-0.4, -0.2) is 11.9 Å². The molecular formula is C15H20BrNO. The molecule has 1 atom stereocenters. The van der Waals surface area contributed by atoms with Gasteiger partial charge in [0.2, 0.25) is 0 Å². The molecule has 0 aliphatic heterocycles. The number of hydrogen-bond donors (Lipinski definition) is 1. The maximum absolute atomic E-state index is 12.2. The minimum Gasteiger partial charge on any atom is -0.349 e. The van der Waals surface area contributed by atoms with Crippen LogP contribution in [-0.2, 0) is 0 Å². The van der Waals surface area contributed by atoms with E-state index < -0.39 is 0 Å². The van der Waals surface area contributed by atoms with Gasteiger partial charge in [-0.25, -0.2) is 0 Å². The summed E-state index contributed by atoms with van der Waals surface area (Å²) < 4.78 is 1.01. The van der Waals surface area contributed by atoms with Gasteiger partial charge < -0.3 is 5.32 Å². The minimum absolute atomic E-state index is 0.0581. The van der Waals surface area contributed by atoms with Crippen molar-refractivity contribution in [3.63, 3.8) is 0 Å². The molecule has 1 fully saturated rings. The van der Waals surface area contributed by atoms with Gasteiger partial charge in [0, 0.05) is 16.1 Å². The van der Waals surface area contributed by atoms with Crippen molar-refractivity contribution < 1.29 is 4.79 Å². The van der Waals surface area contributed by atoms with E-state index in [1.165, 1.54) is 6.42 Å². The van der Waals surface area contributed by atoms with Gasteiger partial charge >= 0.3 is 0 Å². The Morgan fingerprint density at radius 3 is 2.72 bits per heavy atom. The quantitative estimate of drug-likeness (QED) is 0.876. The Balaban J connectivity index is 2.04. The Hall–Kier alpha value is -0.830. The van der Waals surface area contributed by atoms with E-state index >= 15 is 0 Å². The van der Waals surface area contributed by atoms with E-state index in [0.717, 1.165) is 28.4 Å². The van der Waals surface area contributed by atoms with Crippen molar-refractivity contribution in [2.24, 2.45) is 5.41 Å². The molecule has 0 aromatic heterocycles. The lowest BCUT2D eigenvalue weighted by Crippen LogP contribution is -2.33. The Bertz CT molecular complexity index is 468. The monoisotopic (exact) mass is 309 g/mol. The lowest BCUT2D eigenvalue weighted by molar-refractivity contribution is 0.0935. The van der Waals surface area contributed by atoms with Gasteiger partial charge in [-0.05, 0) is 55.4 Å². The second-order valence-electron chi connectivity index (χ2n) is 6.04. The van der Waals surface area contributed by atoms with Crippen LogP contribution in [0.3, 0.4) is 0 Å². The molecular weight excluding hydrogens is 290 g/mol. The molecule has 0 heterocycles. The maximum Gasteiger partial charge on any atom is 0.251 e. The first kappa shape index (κ1) is 13.6. The van der Waals surface area contributed by atoms with Crippen LogP contribution in [0.2, 0.25) is 0 Å². The predicted octanol–water partition coefficient (Wildman–Crippen LogP) is 4.07. The summed E-state index contributed by atoms with van der Waals surface area (Å²) in [5.41, 5.74) is 2.16. The van der Waals surface area contributed by atoms with Crippen LogP contribution < -0.4 is 5.32 Å². The molecule has 98 valence electrons. The summed E-state index contributed by atoms with van der Waals surface area (Å²) in [6.45, 7) is 6.51. The van der Waals surface area contributed by atoms with Gasteiger partial charge in [-0.1, -0.05) is 29.8 Å². The fraction of sp³-hybridized carbons (Fsp3) is 0.533. The summed E-state index contributed by atoms with van der Waals surface area (Å²) in [6, 6.07) is 6.11. The number of halogens is 1. The fourth-order valence-corrected chi connectivity index (χ4v) is 3.18. The van der Waals surface area contributed by atoms with Crippen molar-refractivity contribution in [2.75, 3.05) is 0 Å². The van der Waals surface area contributed by atoms with Gasteiger partial charge in [0.1, 0.15) is 0 Å². The maximum atomic E-state index is 12.2. The zero-order chi connectivity index (χ0) is 13.3. The predicted molar refractivity (Wildman–Crippen MR) is 77.8 cm³/mol. The van der Waals surface area contributed by atoms with Crippen LogP contribution in [0, 0.1) is 12.3 Å². The smallest absolute Gasteiger partial charge is 0.251 e. The molecule has 1 N–H and O–H groups in total. The Kier molecular flexibility index (Phi) is 3.81. The zero-order valence-electron chi connectivity index (χ0n) is 11.2. The van der Waals surface area contributed by atoms with Gasteiger partial charge in [0.15, 0.2) is 0 Å². The van der Waals surface area contributed by atoms with Gasteiger partial charge in [-0.2, -0.15) is 0 Å². The third kappa shape index (κ3) is 3.14. The first-order valence-corrected chi connectivity index (χ1v) is 7.24. The fourth-order valence-electron chi connectivity index (χ4n) is 2.70. The zero-order valence-corrected chi connectivity index (χ0v) is 12.8. The highest BCUT2D eigenvalue weighted by Gasteiger charge is 2.31. The van der Waals surface area contributed by atoms with Gasteiger partial charge in [-0.3, -0.25) is 4.79 Å². The highest BCUT2D eigenvalue weighted by molar-refractivity contribution is 9.10. The van der Waals surface area contributed by atoms with Crippen LogP contribution >= 0.6 is 15.9 Å². The summed E-state index contributed by atoms with van der Waals surface area (Å²) in [5, 5.41) is 3.16. The highest BCUT2D eigenvalue weighted by atomic mass is 79.9. The van der Waals surface area contributed by atoms with E-state index in [2.05, 4.69) is 35.1 Å². The number of rotatable bonds is 2. The van der Waals surface area contributed by atoms with Crippen molar-refractivity contribution in [3.05, 3.63) is 33.8 Å². The second kappa shape index (κ2) is 5.04.